The number of H-pyrrole nitrogens is 1. The lowest BCUT2D eigenvalue weighted by molar-refractivity contribution is 0.194. The van der Waals surface area contributed by atoms with Crippen LogP contribution < -0.4 is 16.7 Å². The Hall–Kier alpha value is -4.04. The van der Waals surface area contributed by atoms with Crippen LogP contribution in [0.25, 0.3) is 27.8 Å². The number of fused-ring (bicyclic) bond motifs is 1. The number of nitrogens with two attached hydrogens (primary N) is 1. The molecule has 1 aliphatic heterocycles. The second-order valence-electron chi connectivity index (χ2n) is 10.3. The Balaban J connectivity index is 1.17. The smallest absolute Gasteiger partial charge is 0.326 e. The number of piperidine rings is 1. The summed E-state index contributed by atoms with van der Waals surface area (Å²) < 4.78 is 1.71. The highest BCUT2D eigenvalue weighted by atomic mass is 35.5. The summed E-state index contributed by atoms with van der Waals surface area (Å²) in [5.41, 5.74) is 12.9. The monoisotopic (exact) mass is 585 g/mol. The molecule has 7 nitrogen and oxygen atoms in total. The van der Waals surface area contributed by atoms with Crippen LogP contribution in [0.1, 0.15) is 29.9 Å². The number of nitrogens with zero attached hydrogens (tertiary/aromatic N) is 2. The second kappa shape index (κ2) is 11.4. The van der Waals surface area contributed by atoms with E-state index in [0.717, 1.165) is 46.3 Å². The van der Waals surface area contributed by atoms with Crippen LogP contribution in [-0.2, 0) is 6.54 Å². The van der Waals surface area contributed by atoms with Crippen molar-refractivity contribution in [1.82, 2.24) is 14.5 Å². The minimum Gasteiger partial charge on any atom is -0.326 e. The molecule has 0 bridgehead atoms. The highest BCUT2D eigenvalue weighted by molar-refractivity contribution is 6.42. The first kappa shape index (κ1) is 27.1. The number of aromatic nitrogens is 2. The van der Waals surface area contributed by atoms with Crippen molar-refractivity contribution in [3.63, 3.8) is 0 Å². The Bertz CT molecular complexity index is 1790. The van der Waals surface area contributed by atoms with E-state index in [1.54, 1.807) is 22.8 Å². The average molecular weight is 587 g/mol. The van der Waals surface area contributed by atoms with Gasteiger partial charge in [0, 0.05) is 30.9 Å². The van der Waals surface area contributed by atoms with Gasteiger partial charge < -0.3 is 20.9 Å². The minimum atomic E-state index is -0.184. The van der Waals surface area contributed by atoms with Gasteiger partial charge in [-0.1, -0.05) is 65.7 Å². The second-order valence-corrected chi connectivity index (χ2v) is 11.1. The number of anilines is 1. The van der Waals surface area contributed by atoms with Crippen molar-refractivity contribution in [2.75, 3.05) is 18.4 Å². The van der Waals surface area contributed by atoms with Gasteiger partial charge in [0.2, 0.25) is 0 Å². The van der Waals surface area contributed by atoms with Crippen molar-refractivity contribution >= 4 is 46.0 Å². The predicted octanol–water partition coefficient (Wildman–Crippen LogP) is 7.16. The Morgan fingerprint density at radius 3 is 2.41 bits per heavy atom. The van der Waals surface area contributed by atoms with Crippen LogP contribution in [0.4, 0.5) is 10.5 Å². The van der Waals surface area contributed by atoms with Crippen LogP contribution in [-0.4, -0.2) is 33.6 Å². The van der Waals surface area contributed by atoms with Gasteiger partial charge in [0.05, 0.1) is 26.8 Å². The van der Waals surface area contributed by atoms with Crippen molar-refractivity contribution in [2.24, 2.45) is 5.73 Å². The fourth-order valence-electron chi connectivity index (χ4n) is 5.58. The Morgan fingerprint density at radius 2 is 1.68 bits per heavy atom. The molecule has 2 amide bonds. The van der Waals surface area contributed by atoms with E-state index in [0.29, 0.717) is 41.3 Å². The number of para-hydroxylation sites is 1. The number of hydrogen-bond donors (Lipinski definition) is 3. The van der Waals surface area contributed by atoms with Crippen molar-refractivity contribution in [2.45, 2.75) is 25.3 Å². The van der Waals surface area contributed by atoms with Gasteiger partial charge in [0.25, 0.3) is 0 Å². The molecular formula is C32H29Cl2N5O2. The molecule has 4 N–H and O–H groups in total. The number of carbonyl (C=O) groups excluding carboxylic acids is 1. The van der Waals surface area contributed by atoms with E-state index in [4.69, 9.17) is 28.9 Å². The normalized spacial score (nSPS) is 14.0. The van der Waals surface area contributed by atoms with Gasteiger partial charge in [0.15, 0.2) is 0 Å². The van der Waals surface area contributed by atoms with E-state index in [1.807, 2.05) is 53.4 Å². The lowest BCUT2D eigenvalue weighted by Crippen LogP contribution is -2.40. The highest BCUT2D eigenvalue weighted by Gasteiger charge is 2.24. The van der Waals surface area contributed by atoms with Gasteiger partial charge in [-0.25, -0.2) is 9.59 Å². The molecule has 0 aliphatic carbocycles. The molecule has 41 heavy (non-hydrogen) atoms. The van der Waals surface area contributed by atoms with Crippen LogP contribution in [0.5, 0.6) is 0 Å². The van der Waals surface area contributed by atoms with Gasteiger partial charge >= 0.3 is 11.7 Å². The highest BCUT2D eigenvalue weighted by Crippen LogP contribution is 2.32. The van der Waals surface area contributed by atoms with Crippen molar-refractivity contribution < 1.29 is 4.79 Å². The first-order valence-corrected chi connectivity index (χ1v) is 14.3. The van der Waals surface area contributed by atoms with Gasteiger partial charge in [-0.2, -0.15) is 0 Å². The van der Waals surface area contributed by atoms with E-state index >= 15 is 0 Å². The molecular weight excluding hydrogens is 557 g/mol. The summed E-state index contributed by atoms with van der Waals surface area (Å²) in [6, 6.07) is 27.1. The molecule has 9 heteroatoms. The molecule has 0 atom stereocenters. The van der Waals surface area contributed by atoms with Gasteiger partial charge in [0.1, 0.15) is 0 Å². The third-order valence-corrected chi connectivity index (χ3v) is 8.51. The molecule has 4 aromatic carbocycles. The maximum Gasteiger partial charge on any atom is 0.331 e. The maximum absolute atomic E-state index is 13.1. The minimum absolute atomic E-state index is 0.148. The number of halogens is 2. The van der Waals surface area contributed by atoms with Crippen molar-refractivity contribution in [3.8, 4) is 16.8 Å². The Kier molecular flexibility index (Phi) is 7.58. The number of imidazole rings is 1. The molecule has 0 radical (unpaired) electrons. The van der Waals surface area contributed by atoms with Crippen LogP contribution in [0.3, 0.4) is 0 Å². The molecule has 0 unspecified atom stereocenters. The molecule has 5 aromatic rings. The molecule has 0 spiro atoms. The molecule has 1 aliphatic rings. The summed E-state index contributed by atoms with van der Waals surface area (Å²) >= 11 is 12.0. The number of rotatable bonds is 5. The Labute approximate surface area is 247 Å². The molecule has 1 fully saturated rings. The maximum atomic E-state index is 13.1. The molecule has 0 saturated carbocycles. The third-order valence-electron chi connectivity index (χ3n) is 7.77. The quantitative estimate of drug-likeness (QED) is 0.204. The van der Waals surface area contributed by atoms with Gasteiger partial charge in [-0.05, 0) is 77.9 Å². The van der Waals surface area contributed by atoms with Crippen LogP contribution in [0.2, 0.25) is 10.0 Å². The number of likely N-dealkylation sites (tertiary alicyclic amines) is 1. The lowest BCUT2D eigenvalue weighted by atomic mass is 9.89. The molecule has 2 heterocycles. The van der Waals surface area contributed by atoms with Crippen LogP contribution >= 0.6 is 23.2 Å². The zero-order valence-corrected chi connectivity index (χ0v) is 23.8. The fourth-order valence-corrected chi connectivity index (χ4v) is 5.88. The number of nitrogens with one attached hydrogen (secondary N) is 2. The molecule has 1 aromatic heterocycles. The summed E-state index contributed by atoms with van der Waals surface area (Å²) in [5, 5.41) is 3.75. The summed E-state index contributed by atoms with van der Waals surface area (Å²) in [5.74, 6) is 0.333. The van der Waals surface area contributed by atoms with E-state index < -0.39 is 0 Å². The third kappa shape index (κ3) is 5.48. The van der Waals surface area contributed by atoms with Gasteiger partial charge in [-0.3, -0.25) is 4.57 Å². The Morgan fingerprint density at radius 1 is 0.927 bits per heavy atom. The average Bonchev–Trinajstić information content (AvgIpc) is 3.35. The van der Waals surface area contributed by atoms with Crippen molar-refractivity contribution in [3.05, 3.63) is 117 Å². The summed E-state index contributed by atoms with van der Waals surface area (Å²) in [7, 11) is 0. The first-order chi connectivity index (χ1) is 19.9. The number of benzene rings is 4. The molecule has 6 rings (SSSR count). The van der Waals surface area contributed by atoms with Crippen LogP contribution in [0, 0.1) is 0 Å². The van der Waals surface area contributed by atoms with E-state index in [-0.39, 0.29) is 11.7 Å². The lowest BCUT2D eigenvalue weighted by Gasteiger charge is -2.32. The molecule has 208 valence electrons. The first-order valence-electron chi connectivity index (χ1n) is 13.6. The standard InChI is InChI=1S/C32H29Cl2N5O2/c33-27-12-9-24(18-28(27)34)36-31(40)38-15-13-22(14-16-38)21-7-10-25(11-8-21)39-29-6-2-5-26(30(29)37-32(39)41)23-4-1-3-20(17-23)19-35/h1-12,17-18,22H,13-16,19,35H2,(H,36,40)(H,37,41). The largest absolute Gasteiger partial charge is 0.331 e. The number of amides is 2. The topological polar surface area (TPSA) is 96.2 Å². The van der Waals surface area contributed by atoms with Crippen LogP contribution in [0.15, 0.2) is 89.7 Å². The predicted molar refractivity (Wildman–Crippen MR) is 166 cm³/mol. The SMILES string of the molecule is NCc1cccc(-c2cccc3c2[nH]c(=O)n3-c2ccc(C3CCN(C(=O)Nc4ccc(Cl)c(Cl)c4)CC3)cc2)c1. The number of carbonyl (C=O) groups is 1. The van der Waals surface area contributed by atoms with E-state index in [1.165, 1.54) is 5.56 Å². The zero-order valence-electron chi connectivity index (χ0n) is 22.2. The van der Waals surface area contributed by atoms with Gasteiger partial charge in [-0.15, -0.1) is 0 Å². The summed E-state index contributed by atoms with van der Waals surface area (Å²) in [6.45, 7) is 1.75. The number of aromatic amines is 1. The number of urea groups is 1. The number of hydrogen-bond acceptors (Lipinski definition) is 3. The zero-order chi connectivity index (χ0) is 28.5. The van der Waals surface area contributed by atoms with E-state index in [2.05, 4.69) is 28.5 Å². The van der Waals surface area contributed by atoms with Crippen molar-refractivity contribution in [1.29, 1.82) is 0 Å². The summed E-state index contributed by atoms with van der Waals surface area (Å²) in [4.78, 5) is 30.8. The summed E-state index contributed by atoms with van der Waals surface area (Å²) in [6.07, 6.45) is 1.71. The molecule has 1 saturated heterocycles. The van der Waals surface area contributed by atoms with E-state index in [9.17, 15) is 9.59 Å². The fraction of sp³-hybridized carbons (Fsp3) is 0.188.